The molecular weight excluding hydrogens is 494 g/mol. The molecule has 5 rings (SSSR count). The molecule has 0 fully saturated rings. The maximum atomic E-state index is 13.0. The van der Waals surface area contributed by atoms with E-state index in [-0.39, 0.29) is 11.6 Å². The molecule has 0 atom stereocenters. The quantitative estimate of drug-likeness (QED) is 0.248. The molecule has 39 heavy (non-hydrogen) atoms. The topological polar surface area (TPSA) is 137 Å². The van der Waals surface area contributed by atoms with Gasteiger partial charge in [-0.15, -0.1) is 0 Å². The first-order valence-electron chi connectivity index (χ1n) is 12.3. The van der Waals surface area contributed by atoms with Gasteiger partial charge in [-0.05, 0) is 66.9 Å². The lowest BCUT2D eigenvalue weighted by atomic mass is 10.1. The number of amides is 3. The van der Waals surface area contributed by atoms with E-state index >= 15 is 0 Å². The number of nitrogens with two attached hydrogens (primary N) is 1. The number of hydrogen-bond acceptors (Lipinski definition) is 6. The van der Waals surface area contributed by atoms with E-state index in [1.807, 2.05) is 57.2 Å². The van der Waals surface area contributed by atoms with Gasteiger partial charge in [0, 0.05) is 35.6 Å². The monoisotopic (exact) mass is 521 g/mol. The molecule has 3 aromatic heterocycles. The van der Waals surface area contributed by atoms with Gasteiger partial charge < -0.3 is 15.8 Å². The Labute approximate surface area is 224 Å². The van der Waals surface area contributed by atoms with Gasteiger partial charge in [0.15, 0.2) is 0 Å². The van der Waals surface area contributed by atoms with E-state index in [2.05, 4.69) is 20.6 Å². The van der Waals surface area contributed by atoms with Crippen molar-refractivity contribution in [3.05, 3.63) is 96.1 Å². The van der Waals surface area contributed by atoms with Crippen molar-refractivity contribution in [3.8, 4) is 17.2 Å². The van der Waals surface area contributed by atoms with Gasteiger partial charge in [0.2, 0.25) is 0 Å². The number of aryl methyl sites for hydroxylation is 1. The number of ether oxygens (including phenoxy) is 1. The predicted molar refractivity (Wildman–Crippen MR) is 150 cm³/mol. The summed E-state index contributed by atoms with van der Waals surface area (Å²) in [6.07, 6.45) is 3.21. The van der Waals surface area contributed by atoms with Crippen LogP contribution in [0.2, 0.25) is 0 Å². The van der Waals surface area contributed by atoms with Gasteiger partial charge in [0.25, 0.3) is 5.91 Å². The summed E-state index contributed by atoms with van der Waals surface area (Å²) in [6.45, 7) is 5.95. The minimum absolute atomic E-state index is 0.111. The zero-order valence-corrected chi connectivity index (χ0v) is 21.7. The van der Waals surface area contributed by atoms with E-state index in [1.54, 1.807) is 35.1 Å². The Hall–Kier alpha value is -5.25. The second-order valence-corrected chi connectivity index (χ2v) is 9.30. The van der Waals surface area contributed by atoms with Gasteiger partial charge >= 0.3 is 6.03 Å². The van der Waals surface area contributed by atoms with Crippen molar-refractivity contribution < 1.29 is 14.3 Å². The number of hydrogen-bond donors (Lipinski definition) is 3. The molecule has 196 valence electrons. The maximum absolute atomic E-state index is 13.0. The highest BCUT2D eigenvalue weighted by Crippen LogP contribution is 2.28. The zero-order chi connectivity index (χ0) is 27.5. The third-order valence-corrected chi connectivity index (χ3v) is 6.04. The minimum Gasteiger partial charge on any atom is -0.457 e. The highest BCUT2D eigenvalue weighted by atomic mass is 16.5. The first kappa shape index (κ1) is 25.4. The lowest BCUT2D eigenvalue weighted by Crippen LogP contribution is -2.21. The Morgan fingerprint density at radius 3 is 2.56 bits per heavy atom. The van der Waals surface area contributed by atoms with Crippen LogP contribution in [0.15, 0.2) is 79.1 Å². The number of primary amides is 1. The third-order valence-electron chi connectivity index (χ3n) is 6.04. The molecule has 0 saturated heterocycles. The van der Waals surface area contributed by atoms with Gasteiger partial charge in [0.1, 0.15) is 23.0 Å². The highest BCUT2D eigenvalue weighted by molar-refractivity contribution is 5.99. The molecule has 0 spiro atoms. The average Bonchev–Trinajstić information content (AvgIpc) is 3.34. The molecule has 5 aromatic rings. The summed E-state index contributed by atoms with van der Waals surface area (Å²) < 4.78 is 7.60. The largest absolute Gasteiger partial charge is 0.457 e. The number of carbonyl (C=O) groups excluding carboxylic acids is 2. The van der Waals surface area contributed by atoms with Crippen molar-refractivity contribution in [2.75, 3.05) is 10.6 Å². The SMILES string of the molecule is Cc1cc(NC(=O)Nc2cc(C(C)C)nn2-c2ccc3ncccc3c2)ccc1Oc1ccnc(C(N)=O)c1. The molecule has 0 aliphatic heterocycles. The standard InChI is InChI=1S/C29H27N7O3/c1-17(2)24-16-27(36(35-24)21-7-8-23-19(14-21)5-4-11-31-23)34-29(38)33-20-6-9-26(18(3)13-20)39-22-10-12-32-25(15-22)28(30)37/h4-17H,1-3H3,(H2,30,37)(H2,33,34,38). The Morgan fingerprint density at radius 2 is 1.79 bits per heavy atom. The number of rotatable bonds is 7. The number of pyridine rings is 2. The molecule has 0 aliphatic carbocycles. The van der Waals surface area contributed by atoms with Crippen molar-refractivity contribution in [2.24, 2.45) is 5.73 Å². The number of nitrogens with zero attached hydrogens (tertiary/aromatic N) is 4. The van der Waals surface area contributed by atoms with E-state index in [0.29, 0.717) is 23.0 Å². The van der Waals surface area contributed by atoms with Crippen LogP contribution in [0.4, 0.5) is 16.3 Å². The normalized spacial score (nSPS) is 11.0. The molecule has 0 bridgehead atoms. The van der Waals surface area contributed by atoms with Crippen molar-refractivity contribution in [2.45, 2.75) is 26.7 Å². The first-order chi connectivity index (χ1) is 18.8. The summed E-state index contributed by atoms with van der Waals surface area (Å²) >= 11 is 0. The van der Waals surface area contributed by atoms with Gasteiger partial charge in [-0.25, -0.2) is 9.48 Å². The molecule has 3 amide bonds. The number of nitrogens with one attached hydrogen (secondary N) is 2. The van der Waals surface area contributed by atoms with Crippen LogP contribution in [0.3, 0.4) is 0 Å². The highest BCUT2D eigenvalue weighted by Gasteiger charge is 2.16. The fourth-order valence-electron chi connectivity index (χ4n) is 4.02. The molecular formula is C29H27N7O3. The van der Waals surface area contributed by atoms with Crippen LogP contribution in [0, 0.1) is 6.92 Å². The summed E-state index contributed by atoms with van der Waals surface area (Å²) in [4.78, 5) is 32.7. The van der Waals surface area contributed by atoms with Crippen molar-refractivity contribution >= 4 is 34.3 Å². The number of carbonyl (C=O) groups is 2. The van der Waals surface area contributed by atoms with Crippen molar-refractivity contribution in [1.29, 1.82) is 0 Å². The molecule has 0 saturated carbocycles. The number of urea groups is 1. The fourth-order valence-corrected chi connectivity index (χ4v) is 4.02. The molecule has 0 unspecified atom stereocenters. The first-order valence-corrected chi connectivity index (χ1v) is 12.3. The van der Waals surface area contributed by atoms with Crippen LogP contribution in [0.5, 0.6) is 11.5 Å². The lowest BCUT2D eigenvalue weighted by molar-refractivity contribution is 0.0995. The lowest BCUT2D eigenvalue weighted by Gasteiger charge is -2.13. The molecule has 10 heteroatoms. The van der Waals surface area contributed by atoms with E-state index in [4.69, 9.17) is 15.6 Å². The molecule has 3 heterocycles. The smallest absolute Gasteiger partial charge is 0.324 e. The summed E-state index contributed by atoms with van der Waals surface area (Å²) in [5.41, 5.74) is 9.31. The zero-order valence-electron chi connectivity index (χ0n) is 21.7. The van der Waals surface area contributed by atoms with E-state index in [9.17, 15) is 9.59 Å². The molecule has 4 N–H and O–H groups in total. The Balaban J connectivity index is 1.33. The van der Waals surface area contributed by atoms with E-state index in [0.717, 1.165) is 27.8 Å². The Kier molecular flexibility index (Phi) is 6.92. The number of fused-ring (bicyclic) bond motifs is 1. The van der Waals surface area contributed by atoms with E-state index in [1.165, 1.54) is 12.3 Å². The van der Waals surface area contributed by atoms with Crippen LogP contribution in [0.25, 0.3) is 16.6 Å². The van der Waals surface area contributed by atoms with Gasteiger partial charge in [0.05, 0.1) is 16.9 Å². The fraction of sp³-hybridized carbons (Fsp3) is 0.138. The summed E-state index contributed by atoms with van der Waals surface area (Å²) in [5, 5.41) is 11.5. The number of benzene rings is 2. The van der Waals surface area contributed by atoms with Gasteiger partial charge in [-0.1, -0.05) is 19.9 Å². The second-order valence-electron chi connectivity index (χ2n) is 9.30. The van der Waals surface area contributed by atoms with E-state index < -0.39 is 11.9 Å². The molecule has 10 nitrogen and oxygen atoms in total. The molecule has 2 aromatic carbocycles. The van der Waals surface area contributed by atoms with Crippen LogP contribution >= 0.6 is 0 Å². The molecule has 0 radical (unpaired) electrons. The van der Waals surface area contributed by atoms with Crippen LogP contribution in [-0.2, 0) is 0 Å². The minimum atomic E-state index is -0.637. The Morgan fingerprint density at radius 1 is 0.949 bits per heavy atom. The Bertz CT molecular complexity index is 1690. The van der Waals surface area contributed by atoms with Crippen LogP contribution < -0.4 is 21.1 Å². The summed E-state index contributed by atoms with van der Waals surface area (Å²) in [6, 6.07) is 19.5. The number of anilines is 2. The van der Waals surface area contributed by atoms with Crippen LogP contribution in [-0.4, -0.2) is 31.7 Å². The van der Waals surface area contributed by atoms with Gasteiger partial charge in [-0.3, -0.25) is 20.1 Å². The number of aromatic nitrogens is 4. The summed E-state index contributed by atoms with van der Waals surface area (Å²) in [7, 11) is 0. The van der Waals surface area contributed by atoms with Gasteiger partial charge in [-0.2, -0.15) is 5.10 Å². The third kappa shape index (κ3) is 5.69. The maximum Gasteiger partial charge on any atom is 0.324 e. The average molecular weight is 522 g/mol. The summed E-state index contributed by atoms with van der Waals surface area (Å²) in [5.74, 6) is 1.07. The van der Waals surface area contributed by atoms with Crippen molar-refractivity contribution in [3.63, 3.8) is 0 Å². The second kappa shape index (κ2) is 10.6. The molecule has 0 aliphatic rings. The van der Waals surface area contributed by atoms with Crippen molar-refractivity contribution in [1.82, 2.24) is 19.7 Å². The predicted octanol–water partition coefficient (Wildman–Crippen LogP) is 5.78. The van der Waals surface area contributed by atoms with Crippen LogP contribution in [0.1, 0.15) is 41.5 Å².